The molecule has 1 aromatic carbocycles. The molecule has 3 rings (SSSR count). The summed E-state index contributed by atoms with van der Waals surface area (Å²) < 4.78 is 17.6. The van der Waals surface area contributed by atoms with E-state index in [2.05, 4.69) is 107 Å². The smallest absolute Gasteiger partial charge is 0.305 e. The molecule has 21 N–H and O–H groups in total. The minimum Gasteiger partial charge on any atom is -0.481 e. The number of hydrogen-bond acceptors (Lipinski definition) is 24. The van der Waals surface area contributed by atoms with Crippen molar-refractivity contribution in [2.75, 3.05) is 71.4 Å². The van der Waals surface area contributed by atoms with Crippen molar-refractivity contribution in [3.8, 4) is 0 Å². The first kappa shape index (κ1) is 90.0. The van der Waals surface area contributed by atoms with E-state index in [-0.39, 0.29) is 37.4 Å². The summed E-state index contributed by atoms with van der Waals surface area (Å²) in [4.78, 5) is 233. The molecular formula is C64H95N19O23S. The number of hydrogen-bond donors (Lipinski definition) is 21. The van der Waals surface area contributed by atoms with E-state index in [1.807, 2.05) is 0 Å². The minimum absolute atomic E-state index is 0.0254. The number of nitrogens with one attached hydrogen (secondary N) is 16. The number of benzene rings is 1. The average Bonchev–Trinajstić information content (AvgIpc) is 1.87. The van der Waals surface area contributed by atoms with E-state index in [9.17, 15) is 96.8 Å². The number of aliphatic hydroxyl groups is 1. The van der Waals surface area contributed by atoms with E-state index < -0.39 is 246 Å². The molecule has 0 radical (unpaired) electrons. The van der Waals surface area contributed by atoms with Gasteiger partial charge in [0.05, 0.1) is 50.4 Å². The second kappa shape index (κ2) is 48.0. The lowest BCUT2D eigenvalue weighted by Gasteiger charge is -2.25. The van der Waals surface area contributed by atoms with Crippen LogP contribution >= 0.6 is 12.6 Å². The highest BCUT2D eigenvalue weighted by atomic mass is 32.1. The Morgan fingerprint density at radius 2 is 0.776 bits per heavy atom. The van der Waals surface area contributed by atoms with Crippen LogP contribution in [0.1, 0.15) is 77.8 Å². The fraction of sp³-hybridized carbons (Fsp3) is 0.547. The number of carbonyl (C=O) groups excluding carboxylic acids is 15. The Morgan fingerprint density at radius 1 is 0.439 bits per heavy atom. The molecule has 0 bridgehead atoms. The molecule has 3 aromatic rings. The summed E-state index contributed by atoms with van der Waals surface area (Å²) in [5, 5.41) is 62.8. The number of aromatic amines is 2. The molecule has 590 valence electrons. The number of aliphatic hydroxyl groups excluding tert-OH is 1. The van der Waals surface area contributed by atoms with Gasteiger partial charge in [0, 0.05) is 116 Å². The maximum atomic E-state index is 14.4. The van der Waals surface area contributed by atoms with Gasteiger partial charge in [-0.1, -0.05) is 44.2 Å². The maximum Gasteiger partial charge on any atom is 0.305 e. The first-order valence-electron chi connectivity index (χ1n) is 33.4. The van der Waals surface area contributed by atoms with Gasteiger partial charge in [-0.25, -0.2) is 9.97 Å². The van der Waals surface area contributed by atoms with E-state index in [4.69, 9.17) is 19.9 Å². The molecule has 0 aliphatic rings. The molecule has 10 atom stereocenters. The fourth-order valence-electron chi connectivity index (χ4n) is 9.72. The number of carboxylic acid groups (broad SMARTS) is 2. The molecule has 2 heterocycles. The number of thiol groups is 1. The van der Waals surface area contributed by atoms with Crippen LogP contribution in [0.3, 0.4) is 0 Å². The first-order chi connectivity index (χ1) is 50.6. The number of amides is 15. The Balaban J connectivity index is 1.95. The number of primary amides is 1. The molecule has 0 saturated heterocycles. The number of rotatable bonds is 51. The molecule has 15 amide bonds. The molecule has 0 spiro atoms. The van der Waals surface area contributed by atoms with Crippen LogP contribution in [0.2, 0.25) is 0 Å². The summed E-state index contributed by atoms with van der Waals surface area (Å²) in [7, 11) is 0. The molecule has 42 nitrogen and oxygen atoms in total. The number of carbonyl (C=O) groups is 17. The van der Waals surface area contributed by atoms with E-state index in [1.165, 1.54) is 32.0 Å². The molecule has 2 aromatic heterocycles. The van der Waals surface area contributed by atoms with Gasteiger partial charge >= 0.3 is 11.9 Å². The molecular weight excluding hydrogens is 1430 g/mol. The number of imidazole rings is 2. The molecule has 107 heavy (non-hydrogen) atoms. The summed E-state index contributed by atoms with van der Waals surface area (Å²) in [5.74, 6) is -16.4. The topological polar surface area (TPSA) is 630 Å². The van der Waals surface area contributed by atoms with Crippen LogP contribution in [0.15, 0.2) is 55.4 Å². The summed E-state index contributed by atoms with van der Waals surface area (Å²) >= 11 is 4.20. The minimum atomic E-state index is -1.61. The van der Waals surface area contributed by atoms with Gasteiger partial charge in [-0.05, 0) is 17.9 Å². The third-order valence-electron chi connectivity index (χ3n) is 14.8. The Bertz CT molecular complexity index is 3400. The second-order valence-electron chi connectivity index (χ2n) is 24.5. The van der Waals surface area contributed by atoms with Gasteiger partial charge in [-0.2, -0.15) is 12.6 Å². The lowest BCUT2D eigenvalue weighted by atomic mass is 10.0. The van der Waals surface area contributed by atoms with Crippen molar-refractivity contribution in [2.24, 2.45) is 11.7 Å². The van der Waals surface area contributed by atoms with Crippen molar-refractivity contribution in [3.05, 3.63) is 72.3 Å². The van der Waals surface area contributed by atoms with E-state index in [0.717, 1.165) is 20.8 Å². The number of aliphatic carboxylic acids is 2. The first-order valence-corrected chi connectivity index (χ1v) is 34.0. The highest BCUT2D eigenvalue weighted by Crippen LogP contribution is 2.10. The highest BCUT2D eigenvalue weighted by Gasteiger charge is 2.32. The molecule has 0 aliphatic carbocycles. The fourth-order valence-corrected chi connectivity index (χ4v) is 9.98. The lowest BCUT2D eigenvalue weighted by Crippen LogP contribution is -2.55. The van der Waals surface area contributed by atoms with Crippen LogP contribution in [0, 0.1) is 5.92 Å². The third kappa shape index (κ3) is 37.4. The van der Waals surface area contributed by atoms with Crippen LogP contribution in [-0.4, -0.2) is 274 Å². The van der Waals surface area contributed by atoms with Gasteiger partial charge in [0.2, 0.25) is 88.6 Å². The third-order valence-corrected chi connectivity index (χ3v) is 15.2. The summed E-state index contributed by atoms with van der Waals surface area (Å²) in [6.45, 7) is 1.21. The van der Waals surface area contributed by atoms with Gasteiger partial charge in [-0.3, -0.25) is 81.5 Å². The van der Waals surface area contributed by atoms with E-state index in [1.54, 1.807) is 44.2 Å². The van der Waals surface area contributed by atoms with Gasteiger partial charge in [0.25, 0.3) is 0 Å². The van der Waals surface area contributed by atoms with Crippen LogP contribution < -0.4 is 80.2 Å². The van der Waals surface area contributed by atoms with Crippen molar-refractivity contribution in [3.63, 3.8) is 0 Å². The summed E-state index contributed by atoms with van der Waals surface area (Å²) in [6, 6.07) is -3.10. The number of nitrogens with two attached hydrogens (primary N) is 1. The van der Waals surface area contributed by atoms with Crippen LogP contribution in [0.25, 0.3) is 0 Å². The Morgan fingerprint density at radius 3 is 1.12 bits per heavy atom. The zero-order chi connectivity index (χ0) is 79.7. The van der Waals surface area contributed by atoms with Gasteiger partial charge in [0.1, 0.15) is 68.2 Å². The Kier molecular flexibility index (Phi) is 40.4. The van der Waals surface area contributed by atoms with Crippen LogP contribution in [-0.2, 0) is 115 Å². The standard InChI is InChI=1S/C64H95N19O23S/c1-33(2)12-45(80-52(89)27-104-43(25-73-63(102)50(26-84)79-37(6)88)22-70-60(99)47(76-34(3)85)15-40-19-67-32-75-40)58(97)68-20-41(106-29-54(91)82-51(30-107)64(103)83-44(57(65)96)14-39-18-66-31-74-39)21-69-59(98)46(13-38-10-8-7-9-11-38)81-53(90)28-105-42(23-71-61(100)48(16-55(92)93)77-35(4)86)24-72-62(101)49(17-56(94)95)78-36(5)87/h7-11,18-19,31-33,41-51,84,107H,12-17,20-30H2,1-6H3,(H2,65,96)(H,66,74)(H,67,75)(H,68,97)(H,69,98)(H,70,99)(H,71,100)(H,72,101)(H,73,102)(H,76,85)(H,77,86)(H,78,87)(H,79,88)(H,80,89)(H,81,90)(H,82,91)(H,83,103)(H,92,93)(H,94,95)/t41-,43-,44-,45-,46-,47-,48-,49-,50-,51-/m0/s1. The number of ether oxygens (including phenoxy) is 3. The van der Waals surface area contributed by atoms with E-state index >= 15 is 0 Å². The SMILES string of the molecule is CC(=O)N[C@@H](CO)C(=O)NC[C@H](CNC(=O)[C@H](Cc1cnc[nH]1)NC(C)=O)OCC(=O)N[C@@H](CC(C)C)C(=O)NC[C@@H](CNC(=O)[C@H](Cc1ccccc1)NC(=O)COC(CNC(=O)[C@H](CC(=O)O)NC(C)=O)CNC(=O)[C@H](CC(=O)O)NC(C)=O)OCC(=O)N[C@@H](CS)C(=O)N[C@@H](Cc1cnc[nH]1)C(N)=O. The predicted octanol–water partition coefficient (Wildman–Crippen LogP) is -8.63. The zero-order valence-electron chi connectivity index (χ0n) is 59.6. The molecule has 0 aliphatic heterocycles. The van der Waals surface area contributed by atoms with Crippen molar-refractivity contribution in [2.45, 2.75) is 147 Å². The molecule has 0 unspecified atom stereocenters. The van der Waals surface area contributed by atoms with Crippen LogP contribution in [0.4, 0.5) is 0 Å². The largest absolute Gasteiger partial charge is 0.481 e. The Labute approximate surface area is 618 Å². The molecule has 0 saturated carbocycles. The molecule has 43 heteroatoms. The normalized spacial score (nSPS) is 13.8. The monoisotopic (exact) mass is 1530 g/mol. The average molecular weight is 1530 g/mol. The van der Waals surface area contributed by atoms with Gasteiger partial charge in [-0.15, -0.1) is 0 Å². The zero-order valence-corrected chi connectivity index (χ0v) is 60.5. The highest BCUT2D eigenvalue weighted by molar-refractivity contribution is 7.80. The van der Waals surface area contributed by atoms with Crippen molar-refractivity contribution >= 4 is 113 Å². The van der Waals surface area contributed by atoms with Crippen LogP contribution in [0.5, 0.6) is 0 Å². The molecule has 0 fully saturated rings. The number of aromatic nitrogens is 4. The number of nitrogens with zero attached hydrogens (tertiary/aromatic N) is 2. The van der Waals surface area contributed by atoms with E-state index in [0.29, 0.717) is 17.0 Å². The number of carboxylic acids is 2. The van der Waals surface area contributed by atoms with Crippen molar-refractivity contribution in [1.82, 2.24) is 94.4 Å². The quantitative estimate of drug-likeness (QED) is 0.0233. The summed E-state index contributed by atoms with van der Waals surface area (Å²) in [6.07, 6.45) is -0.590. The number of H-pyrrole nitrogens is 2. The van der Waals surface area contributed by atoms with Gasteiger partial charge in [0.15, 0.2) is 0 Å². The predicted molar refractivity (Wildman–Crippen MR) is 374 cm³/mol. The second-order valence-corrected chi connectivity index (χ2v) is 24.9. The Hall–Kier alpha value is -11.2. The maximum absolute atomic E-state index is 14.4. The lowest BCUT2D eigenvalue weighted by molar-refractivity contribution is -0.141. The van der Waals surface area contributed by atoms with Crippen molar-refractivity contribution < 1.29 is 111 Å². The van der Waals surface area contributed by atoms with Gasteiger partial charge < -0.3 is 120 Å². The summed E-state index contributed by atoms with van der Waals surface area (Å²) in [5.41, 5.74) is 6.98. The van der Waals surface area contributed by atoms with Crippen molar-refractivity contribution in [1.29, 1.82) is 0 Å².